The number of hydrogen-bond acceptors (Lipinski definition) is 5. The van der Waals surface area contributed by atoms with Gasteiger partial charge in [0.15, 0.2) is 5.11 Å². The van der Waals surface area contributed by atoms with Gasteiger partial charge < -0.3 is 9.64 Å². The fourth-order valence-corrected chi connectivity index (χ4v) is 5.29. The molecule has 0 N–H and O–H groups in total. The summed E-state index contributed by atoms with van der Waals surface area (Å²) in [6.07, 6.45) is 0. The van der Waals surface area contributed by atoms with Crippen LogP contribution in [0.2, 0.25) is 0 Å². The van der Waals surface area contributed by atoms with Gasteiger partial charge in [-0.25, -0.2) is 9.18 Å². The number of carbonyl (C=O) groups is 2. The first-order chi connectivity index (χ1) is 13.5. The van der Waals surface area contributed by atoms with E-state index in [1.54, 1.807) is 55.1 Å². The number of benzene rings is 2. The van der Waals surface area contributed by atoms with Crippen molar-refractivity contribution in [2.24, 2.45) is 0 Å². The van der Waals surface area contributed by atoms with Crippen LogP contribution in [0.4, 0.5) is 10.1 Å². The third-order valence-electron chi connectivity index (χ3n) is 4.71. The van der Waals surface area contributed by atoms with Gasteiger partial charge in [0.2, 0.25) is 0 Å². The molecule has 0 spiro atoms. The molecule has 1 amide bonds. The minimum atomic E-state index is -0.405. The SMILES string of the molecule is CCOC(=O)c1ccc(N2C(=O)[C@H]3CS[C@@H](c4ccc(F)cc4)N3C2=S)cc1. The molecule has 2 heterocycles. The van der Waals surface area contributed by atoms with Crippen LogP contribution in [0, 0.1) is 5.82 Å². The molecule has 0 bridgehead atoms. The van der Waals surface area contributed by atoms with E-state index in [0.717, 1.165) is 5.56 Å². The number of amides is 1. The average Bonchev–Trinajstić information content (AvgIpc) is 3.23. The van der Waals surface area contributed by atoms with Crippen LogP contribution >= 0.6 is 24.0 Å². The van der Waals surface area contributed by atoms with E-state index >= 15 is 0 Å². The lowest BCUT2D eigenvalue weighted by molar-refractivity contribution is -0.119. The lowest BCUT2D eigenvalue weighted by Gasteiger charge is -2.25. The molecule has 2 aliphatic rings. The van der Waals surface area contributed by atoms with E-state index in [0.29, 0.717) is 28.7 Å². The van der Waals surface area contributed by atoms with Crippen LogP contribution in [-0.2, 0) is 9.53 Å². The van der Waals surface area contributed by atoms with Crippen LogP contribution in [0.15, 0.2) is 48.5 Å². The molecule has 4 rings (SSSR count). The summed E-state index contributed by atoms with van der Waals surface area (Å²) in [6, 6.07) is 12.6. The van der Waals surface area contributed by atoms with Crippen molar-refractivity contribution in [3.05, 3.63) is 65.5 Å². The Bertz CT molecular complexity index is 933. The van der Waals surface area contributed by atoms with E-state index in [2.05, 4.69) is 0 Å². The Morgan fingerprint density at radius 2 is 1.89 bits per heavy atom. The third-order valence-corrected chi connectivity index (χ3v) is 6.43. The first-order valence-electron chi connectivity index (χ1n) is 8.81. The fraction of sp³-hybridized carbons (Fsp3) is 0.250. The first-order valence-corrected chi connectivity index (χ1v) is 10.3. The number of rotatable bonds is 4. The summed E-state index contributed by atoms with van der Waals surface area (Å²) < 4.78 is 18.2. The lowest BCUT2D eigenvalue weighted by Crippen LogP contribution is -2.33. The quantitative estimate of drug-likeness (QED) is 0.559. The second-order valence-corrected chi connectivity index (χ2v) is 7.86. The molecule has 144 valence electrons. The number of hydrogen-bond donors (Lipinski definition) is 0. The Morgan fingerprint density at radius 3 is 2.54 bits per heavy atom. The summed E-state index contributed by atoms with van der Waals surface area (Å²) >= 11 is 7.24. The molecule has 2 fully saturated rings. The standard InChI is InChI=1S/C20H17FN2O3S2/c1-2-26-19(25)13-5-9-15(10-6-13)22-17(24)16-11-28-18(23(16)20(22)27)12-3-7-14(21)8-4-12/h3-10,16,18H,2,11H2,1H3/t16-,18+/m1/s1. The average molecular weight is 416 g/mol. The van der Waals surface area contributed by atoms with E-state index in [9.17, 15) is 14.0 Å². The maximum atomic E-state index is 13.3. The van der Waals surface area contributed by atoms with Gasteiger partial charge in [0, 0.05) is 5.75 Å². The van der Waals surface area contributed by atoms with Gasteiger partial charge in [-0.3, -0.25) is 9.69 Å². The predicted octanol–water partition coefficient (Wildman–Crippen LogP) is 3.75. The molecule has 0 saturated carbocycles. The van der Waals surface area contributed by atoms with Crippen LogP contribution < -0.4 is 4.90 Å². The Balaban J connectivity index is 1.59. The summed E-state index contributed by atoms with van der Waals surface area (Å²) in [5.41, 5.74) is 1.94. The zero-order valence-electron chi connectivity index (χ0n) is 15.0. The molecule has 0 aliphatic carbocycles. The van der Waals surface area contributed by atoms with Gasteiger partial charge in [0.25, 0.3) is 5.91 Å². The number of fused-ring (bicyclic) bond motifs is 1. The number of esters is 1. The van der Waals surface area contributed by atoms with Crippen LogP contribution in [0.3, 0.4) is 0 Å². The van der Waals surface area contributed by atoms with Crippen molar-refractivity contribution in [1.82, 2.24) is 4.90 Å². The Kier molecular flexibility index (Phi) is 5.07. The number of halogens is 1. The Morgan fingerprint density at radius 1 is 1.21 bits per heavy atom. The van der Waals surface area contributed by atoms with E-state index in [4.69, 9.17) is 17.0 Å². The highest BCUT2D eigenvalue weighted by molar-refractivity contribution is 7.99. The molecule has 8 heteroatoms. The fourth-order valence-electron chi connectivity index (χ4n) is 3.37. The van der Waals surface area contributed by atoms with E-state index < -0.39 is 5.97 Å². The monoisotopic (exact) mass is 416 g/mol. The topological polar surface area (TPSA) is 49.9 Å². The van der Waals surface area contributed by atoms with Crippen molar-refractivity contribution in [3.63, 3.8) is 0 Å². The number of anilines is 1. The van der Waals surface area contributed by atoms with Crippen molar-refractivity contribution >= 4 is 46.7 Å². The predicted molar refractivity (Wildman–Crippen MR) is 110 cm³/mol. The van der Waals surface area contributed by atoms with Gasteiger partial charge in [-0.2, -0.15) is 0 Å². The van der Waals surface area contributed by atoms with Gasteiger partial charge in [-0.1, -0.05) is 12.1 Å². The minimum Gasteiger partial charge on any atom is -0.462 e. The molecule has 28 heavy (non-hydrogen) atoms. The third kappa shape index (κ3) is 3.16. The molecule has 2 atom stereocenters. The number of carbonyl (C=O) groups excluding carboxylic acids is 2. The van der Waals surface area contributed by atoms with Crippen LogP contribution in [0.1, 0.15) is 28.2 Å². The summed E-state index contributed by atoms with van der Waals surface area (Å²) in [4.78, 5) is 28.2. The van der Waals surface area contributed by atoms with Gasteiger partial charge in [-0.05, 0) is 61.1 Å². The van der Waals surface area contributed by atoms with Crippen molar-refractivity contribution in [1.29, 1.82) is 0 Å². The number of ether oxygens (including phenoxy) is 1. The minimum absolute atomic E-state index is 0.0917. The molecule has 2 saturated heterocycles. The van der Waals surface area contributed by atoms with Gasteiger partial charge in [-0.15, -0.1) is 11.8 Å². The molecule has 0 radical (unpaired) electrons. The molecule has 0 aromatic heterocycles. The van der Waals surface area contributed by atoms with Gasteiger partial charge in [0.1, 0.15) is 17.2 Å². The Labute approximate surface area is 171 Å². The zero-order chi connectivity index (χ0) is 19.8. The summed E-state index contributed by atoms with van der Waals surface area (Å²) in [5, 5.41) is 0.282. The van der Waals surface area contributed by atoms with E-state index in [-0.39, 0.29) is 23.1 Å². The largest absolute Gasteiger partial charge is 0.462 e. The van der Waals surface area contributed by atoms with E-state index in [1.165, 1.54) is 17.0 Å². The van der Waals surface area contributed by atoms with Crippen molar-refractivity contribution in [2.75, 3.05) is 17.3 Å². The lowest BCUT2D eigenvalue weighted by atomic mass is 10.2. The molecule has 2 aromatic carbocycles. The normalized spacial score (nSPS) is 21.2. The van der Waals surface area contributed by atoms with Crippen molar-refractivity contribution in [2.45, 2.75) is 18.3 Å². The second kappa shape index (κ2) is 7.52. The number of thiocarbonyl (C=S) groups is 1. The number of nitrogens with zero attached hydrogens (tertiary/aromatic N) is 2. The summed E-state index contributed by atoms with van der Waals surface area (Å²) in [5.74, 6) is -0.186. The maximum absolute atomic E-state index is 13.3. The Hall–Kier alpha value is -2.45. The smallest absolute Gasteiger partial charge is 0.338 e. The van der Waals surface area contributed by atoms with Crippen molar-refractivity contribution < 1.29 is 18.7 Å². The van der Waals surface area contributed by atoms with Gasteiger partial charge >= 0.3 is 5.97 Å². The highest BCUT2D eigenvalue weighted by atomic mass is 32.2. The maximum Gasteiger partial charge on any atom is 0.338 e. The molecule has 0 unspecified atom stereocenters. The zero-order valence-corrected chi connectivity index (χ0v) is 16.6. The summed E-state index contributed by atoms with van der Waals surface area (Å²) in [6.45, 7) is 2.05. The first kappa shape index (κ1) is 18.9. The molecule has 5 nitrogen and oxygen atoms in total. The summed E-state index contributed by atoms with van der Waals surface area (Å²) in [7, 11) is 0. The molecular weight excluding hydrogens is 399 g/mol. The molecule has 2 aromatic rings. The van der Waals surface area contributed by atoms with Crippen molar-refractivity contribution in [3.8, 4) is 0 Å². The van der Waals surface area contributed by atoms with Crippen LogP contribution in [0.25, 0.3) is 0 Å². The molecule has 2 aliphatic heterocycles. The van der Waals surface area contributed by atoms with Crippen LogP contribution in [0.5, 0.6) is 0 Å². The highest BCUT2D eigenvalue weighted by Crippen LogP contribution is 2.46. The van der Waals surface area contributed by atoms with Crippen LogP contribution in [-0.4, -0.2) is 40.3 Å². The number of thioether (sulfide) groups is 1. The molecular formula is C20H17FN2O3S2. The highest BCUT2D eigenvalue weighted by Gasteiger charge is 2.50. The van der Waals surface area contributed by atoms with Gasteiger partial charge in [0.05, 0.1) is 17.9 Å². The van der Waals surface area contributed by atoms with E-state index in [1.807, 2.05) is 4.90 Å². The second-order valence-electron chi connectivity index (χ2n) is 6.38.